The van der Waals surface area contributed by atoms with E-state index in [1.54, 1.807) is 0 Å². The first-order chi connectivity index (χ1) is 10.4. The molecule has 23 heavy (non-hydrogen) atoms. The molecule has 0 bridgehead atoms. The van der Waals surface area contributed by atoms with E-state index in [0.29, 0.717) is 0 Å². The molecule has 0 N–H and O–H groups in total. The zero-order chi connectivity index (χ0) is 18.0. The Kier molecular flexibility index (Phi) is 6.06. The fourth-order valence-corrected chi connectivity index (χ4v) is 2.77. The number of halogens is 4. The van der Waals surface area contributed by atoms with Crippen LogP contribution in [-0.2, 0) is 10.0 Å². The molecule has 10 heteroatoms. The second kappa shape index (κ2) is 7.06. The fourth-order valence-electron chi connectivity index (χ4n) is 1.64. The van der Waals surface area contributed by atoms with E-state index >= 15 is 0 Å². The highest BCUT2D eigenvalue weighted by molar-refractivity contribution is 7.89. The topological polar surface area (TPSA) is 57.7 Å². The molecule has 0 heterocycles. The summed E-state index contributed by atoms with van der Waals surface area (Å²) in [6.07, 6.45) is -5.56. The second-order valence-electron chi connectivity index (χ2n) is 5.02. The predicted molar refractivity (Wildman–Crippen MR) is 80.0 cm³/mol. The van der Waals surface area contributed by atoms with E-state index < -0.39 is 35.1 Å². The van der Waals surface area contributed by atoms with E-state index in [9.17, 15) is 26.4 Å². The number of amides is 1. The summed E-state index contributed by atoms with van der Waals surface area (Å²) in [4.78, 5) is 12.9. The second-order valence-corrected chi connectivity index (χ2v) is 7.58. The van der Waals surface area contributed by atoms with Crippen molar-refractivity contribution in [1.82, 2.24) is 9.21 Å². The molecule has 0 aliphatic carbocycles. The van der Waals surface area contributed by atoms with Gasteiger partial charge in [0.15, 0.2) is 0 Å². The summed E-state index contributed by atoms with van der Waals surface area (Å²) in [5.74, 6) is -0.782. The van der Waals surface area contributed by atoms with Gasteiger partial charge in [-0.1, -0.05) is 11.6 Å². The Bertz CT molecular complexity index is 690. The lowest BCUT2D eigenvalue weighted by atomic mass is 10.2. The quantitative estimate of drug-likeness (QED) is 0.798. The van der Waals surface area contributed by atoms with Gasteiger partial charge < -0.3 is 4.90 Å². The third-order valence-electron chi connectivity index (χ3n) is 3.02. The van der Waals surface area contributed by atoms with E-state index in [2.05, 4.69) is 0 Å². The molecule has 0 unspecified atom stereocenters. The molecule has 0 atom stereocenters. The van der Waals surface area contributed by atoms with Gasteiger partial charge in [0.2, 0.25) is 10.0 Å². The van der Waals surface area contributed by atoms with Crippen LogP contribution in [0.5, 0.6) is 0 Å². The van der Waals surface area contributed by atoms with E-state index in [1.807, 2.05) is 0 Å². The molecular weight excluding hydrogens is 357 g/mol. The van der Waals surface area contributed by atoms with Crippen molar-refractivity contribution in [2.24, 2.45) is 0 Å². The maximum Gasteiger partial charge on any atom is 0.390 e. The SMILES string of the molecule is CN(CCC(F)(F)F)C(=O)c1cc(S(=O)(=O)N(C)C)ccc1Cl. The third kappa shape index (κ3) is 5.08. The van der Waals surface area contributed by atoms with Crippen LogP contribution >= 0.6 is 11.6 Å². The first-order valence-corrected chi connectivity index (χ1v) is 8.22. The van der Waals surface area contributed by atoms with E-state index in [1.165, 1.54) is 33.3 Å². The zero-order valence-corrected chi connectivity index (χ0v) is 14.3. The van der Waals surface area contributed by atoms with Crippen LogP contribution in [0.4, 0.5) is 13.2 Å². The Balaban J connectivity index is 3.10. The van der Waals surface area contributed by atoms with Gasteiger partial charge in [-0.15, -0.1) is 0 Å². The summed E-state index contributed by atoms with van der Waals surface area (Å²) >= 11 is 5.88. The van der Waals surface area contributed by atoms with E-state index in [-0.39, 0.29) is 15.5 Å². The van der Waals surface area contributed by atoms with Crippen molar-refractivity contribution in [1.29, 1.82) is 0 Å². The molecule has 0 fully saturated rings. The highest BCUT2D eigenvalue weighted by Crippen LogP contribution is 2.24. The zero-order valence-electron chi connectivity index (χ0n) is 12.7. The van der Waals surface area contributed by atoms with Crippen molar-refractivity contribution in [3.8, 4) is 0 Å². The largest absolute Gasteiger partial charge is 0.390 e. The molecular formula is C13H16ClF3N2O3S. The number of sulfonamides is 1. The van der Waals surface area contributed by atoms with Crippen LogP contribution in [0.1, 0.15) is 16.8 Å². The minimum absolute atomic E-state index is 0.0356. The third-order valence-corrected chi connectivity index (χ3v) is 5.16. The van der Waals surface area contributed by atoms with Gasteiger partial charge in [0.1, 0.15) is 0 Å². The average Bonchev–Trinajstić information content (AvgIpc) is 2.43. The molecule has 0 aliphatic heterocycles. The van der Waals surface area contributed by atoms with Gasteiger partial charge >= 0.3 is 6.18 Å². The molecule has 130 valence electrons. The molecule has 0 saturated heterocycles. The van der Waals surface area contributed by atoms with Gasteiger partial charge in [-0.25, -0.2) is 12.7 Å². The van der Waals surface area contributed by atoms with Crippen molar-refractivity contribution < 1.29 is 26.4 Å². The molecule has 1 aromatic carbocycles. The van der Waals surface area contributed by atoms with Crippen LogP contribution in [0.25, 0.3) is 0 Å². The lowest BCUT2D eigenvalue weighted by molar-refractivity contribution is -0.136. The van der Waals surface area contributed by atoms with Crippen molar-refractivity contribution >= 4 is 27.5 Å². The molecule has 0 radical (unpaired) electrons. The molecule has 1 aromatic rings. The molecule has 1 rings (SSSR count). The Morgan fingerprint density at radius 3 is 2.26 bits per heavy atom. The Hall–Kier alpha value is -1.32. The summed E-state index contributed by atoms with van der Waals surface area (Å²) in [5.41, 5.74) is -0.167. The van der Waals surface area contributed by atoms with Crippen LogP contribution in [0, 0.1) is 0 Å². The minimum atomic E-state index is -4.39. The number of carbonyl (C=O) groups is 1. The van der Waals surface area contributed by atoms with Crippen LogP contribution in [0.2, 0.25) is 5.02 Å². The standard InChI is InChI=1S/C13H16ClF3N2O3S/c1-18(2)23(21,22)9-4-5-11(14)10(8-9)12(20)19(3)7-6-13(15,16)17/h4-5,8H,6-7H2,1-3H3. The van der Waals surface area contributed by atoms with E-state index in [4.69, 9.17) is 11.6 Å². The van der Waals surface area contributed by atoms with Gasteiger partial charge in [-0.2, -0.15) is 13.2 Å². The molecule has 1 amide bonds. The van der Waals surface area contributed by atoms with Crippen molar-refractivity contribution in [2.45, 2.75) is 17.5 Å². The Morgan fingerprint density at radius 2 is 1.78 bits per heavy atom. The van der Waals surface area contributed by atoms with Gasteiger partial charge in [0, 0.05) is 27.7 Å². The fraction of sp³-hybridized carbons (Fsp3) is 0.462. The number of rotatable bonds is 5. The Morgan fingerprint density at radius 1 is 1.22 bits per heavy atom. The number of nitrogens with zero attached hydrogens (tertiary/aromatic N) is 2. The smallest absolute Gasteiger partial charge is 0.341 e. The Labute approximate surface area is 137 Å². The summed E-state index contributed by atoms with van der Waals surface area (Å²) in [7, 11) is 0.0457. The van der Waals surface area contributed by atoms with Crippen molar-refractivity contribution in [3.05, 3.63) is 28.8 Å². The monoisotopic (exact) mass is 372 g/mol. The first kappa shape index (κ1) is 19.7. The normalized spacial score (nSPS) is 12.5. The molecule has 0 spiro atoms. The number of benzene rings is 1. The van der Waals surface area contributed by atoms with Crippen LogP contribution < -0.4 is 0 Å². The van der Waals surface area contributed by atoms with Crippen molar-refractivity contribution in [2.75, 3.05) is 27.7 Å². The van der Waals surface area contributed by atoms with Crippen molar-refractivity contribution in [3.63, 3.8) is 0 Å². The lowest BCUT2D eigenvalue weighted by Gasteiger charge is -2.19. The van der Waals surface area contributed by atoms with Gasteiger partial charge in [0.05, 0.1) is 21.9 Å². The van der Waals surface area contributed by atoms with E-state index in [0.717, 1.165) is 15.3 Å². The summed E-state index contributed by atoms with van der Waals surface area (Å²) in [5, 5.41) is -0.0356. The van der Waals surface area contributed by atoms with Crippen LogP contribution in [0.15, 0.2) is 23.1 Å². The van der Waals surface area contributed by atoms with Gasteiger partial charge in [-0.05, 0) is 18.2 Å². The summed E-state index contributed by atoms with van der Waals surface area (Å²) in [6, 6.07) is 3.51. The number of hydrogen-bond acceptors (Lipinski definition) is 3. The highest BCUT2D eigenvalue weighted by atomic mass is 35.5. The number of alkyl halides is 3. The van der Waals surface area contributed by atoms with Crippen LogP contribution in [0.3, 0.4) is 0 Å². The summed E-state index contributed by atoms with van der Waals surface area (Å²) < 4.78 is 61.7. The maximum atomic E-state index is 12.2. The number of carbonyl (C=O) groups excluding carboxylic acids is 1. The minimum Gasteiger partial charge on any atom is -0.341 e. The lowest BCUT2D eigenvalue weighted by Crippen LogP contribution is -2.31. The van der Waals surface area contributed by atoms with Gasteiger partial charge in [0.25, 0.3) is 5.91 Å². The predicted octanol–water partition coefficient (Wildman–Crippen LogP) is 2.61. The average molecular weight is 373 g/mol. The highest BCUT2D eigenvalue weighted by Gasteiger charge is 2.29. The molecule has 0 aliphatic rings. The van der Waals surface area contributed by atoms with Crippen LogP contribution in [-0.4, -0.2) is 57.4 Å². The summed E-state index contributed by atoms with van der Waals surface area (Å²) in [6.45, 7) is -0.552. The number of hydrogen-bond donors (Lipinski definition) is 0. The maximum absolute atomic E-state index is 12.2. The molecule has 0 saturated carbocycles. The first-order valence-electron chi connectivity index (χ1n) is 6.40. The molecule has 0 aromatic heterocycles. The van der Waals surface area contributed by atoms with Gasteiger partial charge in [-0.3, -0.25) is 4.79 Å². The molecule has 5 nitrogen and oxygen atoms in total.